The highest BCUT2D eigenvalue weighted by molar-refractivity contribution is 5.90. The smallest absolute Gasteiger partial charge is 0.339 e. The van der Waals surface area contributed by atoms with Crippen LogP contribution >= 0.6 is 0 Å². The van der Waals surface area contributed by atoms with Gasteiger partial charge in [0.15, 0.2) is 0 Å². The fourth-order valence-electron chi connectivity index (χ4n) is 2.76. The van der Waals surface area contributed by atoms with Gasteiger partial charge in [0.05, 0.1) is 30.6 Å². The molecule has 1 N–H and O–H groups in total. The molecule has 6 heteroatoms. The van der Waals surface area contributed by atoms with Crippen LogP contribution in [0.1, 0.15) is 65.1 Å². The summed E-state index contributed by atoms with van der Waals surface area (Å²) in [7, 11) is 1.40. The summed E-state index contributed by atoms with van der Waals surface area (Å²) in [5.41, 5.74) is 2.35. The molecule has 0 radical (unpaired) electrons. The highest BCUT2D eigenvalue weighted by atomic mass is 16.5. The zero-order chi connectivity index (χ0) is 16.5. The first-order valence-corrected chi connectivity index (χ1v) is 8.39. The molecule has 0 atom stereocenters. The lowest BCUT2D eigenvalue weighted by atomic mass is 10.1. The van der Waals surface area contributed by atoms with Gasteiger partial charge in [0.25, 0.3) is 0 Å². The monoisotopic (exact) mass is 324 g/mol. The van der Waals surface area contributed by atoms with Crippen molar-refractivity contribution in [3.63, 3.8) is 0 Å². The van der Waals surface area contributed by atoms with Crippen molar-refractivity contribution in [2.75, 3.05) is 12.4 Å². The minimum Gasteiger partial charge on any atom is -0.465 e. The Morgan fingerprint density at radius 1 is 1.17 bits per heavy atom. The number of aromatic nitrogens is 3. The summed E-state index contributed by atoms with van der Waals surface area (Å²) in [6.45, 7) is 0.572. The average Bonchev–Trinajstić information content (AvgIpc) is 3.51. The molecule has 4 rings (SSSR count). The molecule has 0 amide bonds. The molecule has 2 aliphatic carbocycles. The summed E-state index contributed by atoms with van der Waals surface area (Å²) in [4.78, 5) is 25.4. The van der Waals surface area contributed by atoms with Gasteiger partial charge in [-0.05, 0) is 43.9 Å². The summed E-state index contributed by atoms with van der Waals surface area (Å²) in [5.74, 6) is 2.35. The molecule has 2 saturated carbocycles. The van der Waals surface area contributed by atoms with Gasteiger partial charge >= 0.3 is 5.97 Å². The van der Waals surface area contributed by atoms with Gasteiger partial charge < -0.3 is 10.1 Å². The van der Waals surface area contributed by atoms with Crippen molar-refractivity contribution in [1.29, 1.82) is 0 Å². The number of esters is 1. The first-order chi connectivity index (χ1) is 11.7. The van der Waals surface area contributed by atoms with Crippen LogP contribution in [0.5, 0.6) is 0 Å². The van der Waals surface area contributed by atoms with E-state index in [1.807, 2.05) is 18.2 Å². The van der Waals surface area contributed by atoms with Crippen molar-refractivity contribution in [1.82, 2.24) is 15.0 Å². The van der Waals surface area contributed by atoms with Crippen molar-refractivity contribution in [2.45, 2.75) is 44.1 Å². The number of anilines is 1. The number of hydrogen-bond donors (Lipinski definition) is 1. The number of carbonyl (C=O) groups excluding carboxylic acids is 1. The molecular weight excluding hydrogens is 304 g/mol. The van der Waals surface area contributed by atoms with Gasteiger partial charge in [-0.15, -0.1) is 0 Å². The summed E-state index contributed by atoms with van der Waals surface area (Å²) in [5, 5.41) is 3.30. The molecule has 2 fully saturated rings. The first-order valence-electron chi connectivity index (χ1n) is 8.39. The Labute approximate surface area is 140 Å². The van der Waals surface area contributed by atoms with Crippen LogP contribution in [0, 0.1) is 0 Å². The van der Waals surface area contributed by atoms with Crippen molar-refractivity contribution in [2.24, 2.45) is 0 Å². The normalized spacial score (nSPS) is 16.7. The summed E-state index contributed by atoms with van der Waals surface area (Å²) in [6, 6.07) is 5.56. The van der Waals surface area contributed by atoms with Crippen LogP contribution in [0.2, 0.25) is 0 Å². The second-order valence-electron chi connectivity index (χ2n) is 6.43. The average molecular weight is 324 g/mol. The van der Waals surface area contributed by atoms with E-state index in [1.54, 1.807) is 6.20 Å². The first kappa shape index (κ1) is 15.1. The Morgan fingerprint density at radius 2 is 1.96 bits per heavy atom. The van der Waals surface area contributed by atoms with Crippen LogP contribution in [-0.2, 0) is 11.3 Å². The van der Waals surface area contributed by atoms with Gasteiger partial charge in [-0.25, -0.2) is 14.8 Å². The molecule has 6 nitrogen and oxygen atoms in total. The van der Waals surface area contributed by atoms with E-state index in [0.29, 0.717) is 23.9 Å². The van der Waals surface area contributed by atoms with Crippen molar-refractivity contribution >= 4 is 11.8 Å². The molecule has 2 heterocycles. The van der Waals surface area contributed by atoms with E-state index >= 15 is 0 Å². The van der Waals surface area contributed by atoms with Crippen molar-refractivity contribution < 1.29 is 9.53 Å². The molecule has 124 valence electrons. The van der Waals surface area contributed by atoms with E-state index in [1.165, 1.54) is 20.0 Å². The predicted molar refractivity (Wildman–Crippen MR) is 88.9 cm³/mol. The Bertz CT molecular complexity index is 769. The highest BCUT2D eigenvalue weighted by Crippen LogP contribution is 2.41. The maximum atomic E-state index is 11.9. The highest BCUT2D eigenvalue weighted by Gasteiger charge is 2.30. The van der Waals surface area contributed by atoms with E-state index in [9.17, 15) is 4.79 Å². The van der Waals surface area contributed by atoms with Crippen LogP contribution in [-0.4, -0.2) is 28.0 Å². The maximum Gasteiger partial charge on any atom is 0.339 e. The summed E-state index contributed by atoms with van der Waals surface area (Å²) >= 11 is 0. The van der Waals surface area contributed by atoms with Gasteiger partial charge in [-0.3, -0.25) is 4.98 Å². The Balaban J connectivity index is 1.49. The second-order valence-corrected chi connectivity index (χ2v) is 6.43. The number of hydrogen-bond acceptors (Lipinski definition) is 6. The number of nitrogens with one attached hydrogen (secondary N) is 1. The predicted octanol–water partition coefficient (Wildman–Crippen LogP) is 3.03. The third kappa shape index (κ3) is 3.22. The van der Waals surface area contributed by atoms with E-state index in [-0.39, 0.29) is 5.97 Å². The minimum atomic E-state index is -0.311. The van der Waals surface area contributed by atoms with Gasteiger partial charge in [0, 0.05) is 18.0 Å². The fourth-order valence-corrected chi connectivity index (χ4v) is 2.76. The molecule has 0 bridgehead atoms. The lowest BCUT2D eigenvalue weighted by molar-refractivity contribution is 0.0598. The second kappa shape index (κ2) is 6.19. The van der Waals surface area contributed by atoms with Gasteiger partial charge in [0.2, 0.25) is 0 Å². The van der Waals surface area contributed by atoms with Crippen LogP contribution in [0.3, 0.4) is 0 Å². The number of methoxy groups -OCH3 is 1. The standard InChI is InChI=1S/C18H20N4O2/c1-24-18(23)14-7-6-13(21-16(14)11-2-3-11)10-20-15-8-9-19-17(22-15)12-4-5-12/h6-9,11-12H,2-5,10H2,1H3,(H,19,20,22). The largest absolute Gasteiger partial charge is 0.465 e. The third-order valence-corrected chi connectivity index (χ3v) is 4.42. The number of rotatable bonds is 6. The SMILES string of the molecule is COC(=O)c1ccc(CNc2ccnc(C3CC3)n2)nc1C1CC1. The number of ether oxygens (including phenoxy) is 1. The van der Waals surface area contributed by atoms with Crippen LogP contribution in [0.15, 0.2) is 24.4 Å². The Hall–Kier alpha value is -2.50. The van der Waals surface area contributed by atoms with E-state index in [2.05, 4.69) is 20.3 Å². The van der Waals surface area contributed by atoms with E-state index in [4.69, 9.17) is 4.74 Å². The van der Waals surface area contributed by atoms with Crippen LogP contribution in [0.25, 0.3) is 0 Å². The maximum absolute atomic E-state index is 11.9. The molecular formula is C18H20N4O2. The molecule has 0 saturated heterocycles. The quantitative estimate of drug-likeness (QED) is 0.823. The van der Waals surface area contributed by atoms with Crippen molar-refractivity contribution in [3.05, 3.63) is 47.2 Å². The van der Waals surface area contributed by atoms with Crippen LogP contribution < -0.4 is 5.32 Å². The van der Waals surface area contributed by atoms with E-state index in [0.717, 1.165) is 35.9 Å². The van der Waals surface area contributed by atoms with Gasteiger partial charge in [-0.2, -0.15) is 0 Å². The molecule has 2 aromatic heterocycles. The van der Waals surface area contributed by atoms with E-state index < -0.39 is 0 Å². The molecule has 0 unspecified atom stereocenters. The third-order valence-electron chi connectivity index (χ3n) is 4.42. The zero-order valence-corrected chi connectivity index (χ0v) is 13.7. The van der Waals surface area contributed by atoms with Crippen LogP contribution in [0.4, 0.5) is 5.82 Å². The summed E-state index contributed by atoms with van der Waals surface area (Å²) in [6.07, 6.45) is 6.34. The summed E-state index contributed by atoms with van der Waals surface area (Å²) < 4.78 is 4.85. The topological polar surface area (TPSA) is 77.0 Å². The molecule has 2 aliphatic rings. The molecule has 0 spiro atoms. The molecule has 2 aromatic rings. The lowest BCUT2D eigenvalue weighted by Crippen LogP contribution is -2.11. The minimum absolute atomic E-state index is 0.311. The van der Waals surface area contributed by atoms with Gasteiger partial charge in [-0.1, -0.05) is 0 Å². The number of carbonyl (C=O) groups is 1. The molecule has 0 aliphatic heterocycles. The zero-order valence-electron chi connectivity index (χ0n) is 13.7. The Morgan fingerprint density at radius 3 is 2.67 bits per heavy atom. The fraction of sp³-hybridized carbons (Fsp3) is 0.444. The van der Waals surface area contributed by atoms with Crippen molar-refractivity contribution in [3.8, 4) is 0 Å². The molecule has 0 aromatic carbocycles. The number of nitrogens with zero attached hydrogens (tertiary/aromatic N) is 3. The van der Waals surface area contributed by atoms with Gasteiger partial charge in [0.1, 0.15) is 11.6 Å². The lowest BCUT2D eigenvalue weighted by Gasteiger charge is -2.10. The molecule has 24 heavy (non-hydrogen) atoms. The number of pyridine rings is 1. The Kier molecular flexibility index (Phi) is 3.88.